The van der Waals surface area contributed by atoms with Gasteiger partial charge in [-0.1, -0.05) is 0 Å². The number of ether oxygens (including phenoxy) is 3. The Hall–Kier alpha value is -2.81. The number of rotatable bonds is 8. The van der Waals surface area contributed by atoms with E-state index in [1.807, 2.05) is 39.8 Å². The number of methoxy groups -OCH3 is 2. The van der Waals surface area contributed by atoms with E-state index < -0.39 is 22.7 Å². The second-order valence-corrected chi connectivity index (χ2v) is 11.8. The summed E-state index contributed by atoms with van der Waals surface area (Å²) in [6, 6.07) is 8.13. The number of amides is 1. The Labute approximate surface area is 218 Å². The van der Waals surface area contributed by atoms with Crippen molar-refractivity contribution < 1.29 is 29.0 Å². The van der Waals surface area contributed by atoms with Gasteiger partial charge in [-0.15, -0.1) is 0 Å². The van der Waals surface area contributed by atoms with Crippen molar-refractivity contribution in [2.24, 2.45) is 0 Å². The molecule has 3 rings (SSSR count). The molecule has 1 N–H and O–H groups in total. The van der Waals surface area contributed by atoms with E-state index in [0.29, 0.717) is 41.8 Å². The van der Waals surface area contributed by atoms with E-state index in [-0.39, 0.29) is 26.7 Å². The van der Waals surface area contributed by atoms with Crippen LogP contribution in [-0.4, -0.2) is 62.3 Å². The molecule has 0 fully saturated rings. The van der Waals surface area contributed by atoms with Crippen LogP contribution in [0.3, 0.4) is 0 Å². The van der Waals surface area contributed by atoms with Gasteiger partial charge in [-0.05, 0) is 0 Å². The number of hydrogen-bond donors (Lipinski definition) is 1. The minimum atomic E-state index is -0.715. The first-order valence-electron chi connectivity index (χ1n) is 11.8. The van der Waals surface area contributed by atoms with Crippen molar-refractivity contribution in [2.45, 2.75) is 63.6 Å². The molecule has 1 amide bonds. The third-order valence-corrected chi connectivity index (χ3v) is 8.39. The Morgan fingerprint density at radius 2 is 1.89 bits per heavy atom. The van der Waals surface area contributed by atoms with Gasteiger partial charge in [-0.3, -0.25) is 0 Å². The molecule has 0 saturated carbocycles. The van der Waals surface area contributed by atoms with Crippen LogP contribution in [0.4, 0.5) is 10.5 Å². The second-order valence-electron chi connectivity index (χ2n) is 9.56. The average molecular weight is 566 g/mol. The van der Waals surface area contributed by atoms with Gasteiger partial charge in [0, 0.05) is 0 Å². The molecule has 10 heteroatoms. The summed E-state index contributed by atoms with van der Waals surface area (Å²) >= 11 is -0.287. The molecule has 0 bridgehead atoms. The van der Waals surface area contributed by atoms with Crippen molar-refractivity contribution in [3.8, 4) is 11.5 Å². The Balaban J connectivity index is 2.03. The number of nitro groups is 1. The predicted molar refractivity (Wildman–Crippen MR) is 137 cm³/mol. The molecule has 2 aromatic rings. The molecule has 2 aromatic carbocycles. The van der Waals surface area contributed by atoms with Crippen LogP contribution >= 0.6 is 0 Å². The Morgan fingerprint density at radius 3 is 2.47 bits per heavy atom. The van der Waals surface area contributed by atoms with Gasteiger partial charge in [0.2, 0.25) is 0 Å². The van der Waals surface area contributed by atoms with Crippen molar-refractivity contribution in [1.82, 2.24) is 4.90 Å². The number of fused-ring (bicyclic) bond motifs is 1. The Bertz CT molecular complexity index is 1120. The van der Waals surface area contributed by atoms with E-state index in [1.54, 1.807) is 31.3 Å². The van der Waals surface area contributed by atoms with Gasteiger partial charge < -0.3 is 0 Å². The van der Waals surface area contributed by atoms with Crippen molar-refractivity contribution in [3.63, 3.8) is 0 Å². The zero-order valence-corrected chi connectivity index (χ0v) is 23.3. The topological polar surface area (TPSA) is 111 Å². The molecule has 1 heterocycles. The van der Waals surface area contributed by atoms with Crippen LogP contribution in [0.5, 0.6) is 11.5 Å². The van der Waals surface area contributed by atoms with Gasteiger partial charge in [0.25, 0.3) is 0 Å². The molecule has 9 nitrogen and oxygen atoms in total. The van der Waals surface area contributed by atoms with Crippen LogP contribution in [0.15, 0.2) is 30.3 Å². The Morgan fingerprint density at radius 1 is 1.22 bits per heavy atom. The minimum absolute atomic E-state index is 0.0154. The van der Waals surface area contributed by atoms with Crippen molar-refractivity contribution in [3.05, 3.63) is 57.1 Å². The quantitative estimate of drug-likeness (QED) is 0.288. The summed E-state index contributed by atoms with van der Waals surface area (Å²) in [7, 11) is 3.16. The number of carbonyl (C=O) groups is 1. The second kappa shape index (κ2) is 11.5. The molecular weight excluding hydrogens is 531 g/mol. The molecule has 0 spiro atoms. The van der Waals surface area contributed by atoms with Crippen molar-refractivity contribution in [1.29, 1.82) is 0 Å². The summed E-state index contributed by atoms with van der Waals surface area (Å²) in [6.45, 7) is 7.83. The maximum absolute atomic E-state index is 13.2. The Kier molecular flexibility index (Phi) is 8.87. The van der Waals surface area contributed by atoms with Gasteiger partial charge in [0.15, 0.2) is 0 Å². The van der Waals surface area contributed by atoms with Crippen molar-refractivity contribution in [2.75, 3.05) is 20.8 Å². The van der Waals surface area contributed by atoms with E-state index in [0.717, 1.165) is 15.6 Å². The maximum atomic E-state index is 13.2. The SMILES string of the molecule is CC[C@H](O)c1ccc([N+](=O)[O-])cc1[Se]C[C@H]1c2cc(OC)c(OC)cc2CCN1C(=O)OC(C)(C)C. The number of aliphatic hydroxyl groups is 1. The average Bonchev–Trinajstić information content (AvgIpc) is 2.84. The summed E-state index contributed by atoms with van der Waals surface area (Å²) < 4.78 is 17.5. The number of nitrogens with zero attached hydrogens (tertiary/aromatic N) is 2. The van der Waals surface area contributed by atoms with Crippen LogP contribution in [0.1, 0.15) is 63.0 Å². The van der Waals surface area contributed by atoms with Gasteiger partial charge in [0.05, 0.1) is 0 Å². The fourth-order valence-corrected chi connectivity index (χ4v) is 6.84. The van der Waals surface area contributed by atoms with Gasteiger partial charge in [-0.25, -0.2) is 0 Å². The van der Waals surface area contributed by atoms with Crippen molar-refractivity contribution >= 4 is 31.2 Å². The number of nitro benzene ring substituents is 1. The number of hydrogen-bond acceptors (Lipinski definition) is 7. The van der Waals surface area contributed by atoms with Crippen LogP contribution in [-0.2, 0) is 11.2 Å². The monoisotopic (exact) mass is 566 g/mol. The summed E-state index contributed by atoms with van der Waals surface area (Å²) in [6.07, 6.45) is 0.00711. The van der Waals surface area contributed by atoms with E-state index >= 15 is 0 Å². The normalized spacial score (nSPS) is 16.2. The van der Waals surface area contributed by atoms with Crippen LogP contribution < -0.4 is 13.9 Å². The third kappa shape index (κ3) is 6.30. The molecule has 1 aliphatic heterocycles. The number of benzene rings is 2. The molecule has 2 atom stereocenters. The van der Waals surface area contributed by atoms with Gasteiger partial charge in [-0.2, -0.15) is 0 Å². The molecule has 0 aromatic heterocycles. The first-order chi connectivity index (χ1) is 17.0. The number of non-ortho nitro benzene ring substituents is 1. The van der Waals surface area contributed by atoms with Gasteiger partial charge in [0.1, 0.15) is 0 Å². The molecule has 0 radical (unpaired) electrons. The molecule has 1 aliphatic rings. The first kappa shape index (κ1) is 27.8. The molecular formula is C26H34N2O7Se. The zero-order chi connectivity index (χ0) is 26.6. The third-order valence-electron chi connectivity index (χ3n) is 5.98. The molecule has 0 aliphatic carbocycles. The standard InChI is InChI=1S/C26H34N2O7Se/c1-7-21(29)18-9-8-17(28(31)32)13-24(18)36-15-20-19-14-23(34-6)22(33-5)12-16(19)10-11-27(20)25(30)35-26(2,3)4/h8-9,12-14,20-21,29H,7,10-11,15H2,1-6H3/t20-,21-/m0/s1. The van der Waals surface area contributed by atoms with E-state index in [2.05, 4.69) is 0 Å². The molecule has 196 valence electrons. The van der Waals surface area contributed by atoms with Crippen LogP contribution in [0.25, 0.3) is 0 Å². The molecule has 0 saturated heterocycles. The zero-order valence-electron chi connectivity index (χ0n) is 21.6. The summed E-state index contributed by atoms with van der Waals surface area (Å²) in [5, 5.41) is 22.5. The molecule has 0 unspecified atom stereocenters. The van der Waals surface area contributed by atoms with Crippen LogP contribution in [0.2, 0.25) is 5.32 Å². The molecule has 36 heavy (non-hydrogen) atoms. The summed E-state index contributed by atoms with van der Waals surface area (Å²) in [5.74, 6) is 1.19. The van der Waals surface area contributed by atoms with Gasteiger partial charge >= 0.3 is 218 Å². The summed E-state index contributed by atoms with van der Waals surface area (Å²) in [5.41, 5.74) is 2.02. The van der Waals surface area contributed by atoms with E-state index in [1.165, 1.54) is 6.07 Å². The van der Waals surface area contributed by atoms with E-state index in [9.17, 15) is 20.0 Å². The number of aliphatic hydroxyl groups excluding tert-OH is 1. The fourth-order valence-electron chi connectivity index (χ4n) is 4.17. The summed E-state index contributed by atoms with van der Waals surface area (Å²) in [4.78, 5) is 25.9. The fraction of sp³-hybridized carbons (Fsp3) is 0.500. The first-order valence-corrected chi connectivity index (χ1v) is 13.9. The van der Waals surface area contributed by atoms with Crippen LogP contribution in [0, 0.1) is 10.1 Å². The predicted octanol–water partition coefficient (Wildman–Crippen LogP) is 4.34. The number of carbonyl (C=O) groups excluding carboxylic acids is 1. The van der Waals surface area contributed by atoms with E-state index in [4.69, 9.17) is 14.2 Å².